The first kappa shape index (κ1) is 13.0. The van der Waals surface area contributed by atoms with Crippen LogP contribution in [0.3, 0.4) is 0 Å². The van der Waals surface area contributed by atoms with Gasteiger partial charge in [0.1, 0.15) is 5.78 Å². The minimum absolute atomic E-state index is 0.173. The van der Waals surface area contributed by atoms with Gasteiger partial charge in [-0.15, -0.1) is 0 Å². The molecular formula is C11H20N2O3S. The van der Waals surface area contributed by atoms with Crippen molar-refractivity contribution in [3.63, 3.8) is 0 Å². The molecule has 2 fully saturated rings. The second-order valence-corrected chi connectivity index (χ2v) is 6.69. The summed E-state index contributed by atoms with van der Waals surface area (Å²) in [5, 5.41) is 0. The number of piperidine rings is 1. The second kappa shape index (κ2) is 5.46. The van der Waals surface area contributed by atoms with Gasteiger partial charge in [0.2, 0.25) is 0 Å². The van der Waals surface area contributed by atoms with Crippen LogP contribution >= 0.6 is 0 Å². The van der Waals surface area contributed by atoms with Crippen LogP contribution in [0.15, 0.2) is 0 Å². The van der Waals surface area contributed by atoms with Crippen molar-refractivity contribution in [1.29, 1.82) is 0 Å². The third-order valence-corrected chi connectivity index (χ3v) is 5.53. The van der Waals surface area contributed by atoms with Crippen LogP contribution in [0.25, 0.3) is 0 Å². The largest absolute Gasteiger partial charge is 0.300 e. The molecule has 2 saturated heterocycles. The molecule has 2 aliphatic rings. The van der Waals surface area contributed by atoms with Gasteiger partial charge in [0.05, 0.1) is 0 Å². The predicted octanol–water partition coefficient (Wildman–Crippen LogP) is 0.772. The van der Waals surface area contributed by atoms with Crippen LogP contribution < -0.4 is 0 Å². The number of rotatable bonds is 2. The molecule has 0 bridgehead atoms. The summed E-state index contributed by atoms with van der Waals surface area (Å²) in [4.78, 5) is 11.1. The number of Topliss-reactive ketones (excluding diaryl/α,β-unsaturated/α-hetero) is 1. The summed E-state index contributed by atoms with van der Waals surface area (Å²) in [6.45, 7) is 1.98. The van der Waals surface area contributed by atoms with E-state index in [0.29, 0.717) is 39.0 Å². The average molecular weight is 260 g/mol. The monoisotopic (exact) mass is 260 g/mol. The lowest BCUT2D eigenvalue weighted by atomic mass is 10.1. The first-order valence-electron chi connectivity index (χ1n) is 6.37. The van der Waals surface area contributed by atoms with Gasteiger partial charge in [0, 0.05) is 39.0 Å². The molecular weight excluding hydrogens is 240 g/mol. The lowest BCUT2D eigenvalue weighted by Gasteiger charge is -2.31. The van der Waals surface area contributed by atoms with Gasteiger partial charge in [0.15, 0.2) is 0 Å². The van der Waals surface area contributed by atoms with E-state index >= 15 is 0 Å². The topological polar surface area (TPSA) is 57.7 Å². The Balaban J connectivity index is 2.03. The SMILES string of the molecule is O=C1CCN(S(=O)(=O)N2CCCCCC2)CC1. The summed E-state index contributed by atoms with van der Waals surface area (Å²) < 4.78 is 27.7. The molecule has 2 rings (SSSR count). The van der Waals surface area contributed by atoms with E-state index in [1.807, 2.05) is 0 Å². The first-order chi connectivity index (χ1) is 8.10. The van der Waals surface area contributed by atoms with E-state index in [4.69, 9.17) is 0 Å². The van der Waals surface area contributed by atoms with Crippen molar-refractivity contribution in [2.75, 3.05) is 26.2 Å². The van der Waals surface area contributed by atoms with Gasteiger partial charge in [-0.05, 0) is 12.8 Å². The van der Waals surface area contributed by atoms with Crippen molar-refractivity contribution < 1.29 is 13.2 Å². The van der Waals surface area contributed by atoms with Gasteiger partial charge < -0.3 is 0 Å². The van der Waals surface area contributed by atoms with E-state index in [2.05, 4.69) is 0 Å². The van der Waals surface area contributed by atoms with E-state index in [1.165, 1.54) is 4.31 Å². The molecule has 17 heavy (non-hydrogen) atoms. The summed E-state index contributed by atoms with van der Waals surface area (Å²) in [6, 6.07) is 0. The number of carbonyl (C=O) groups excluding carboxylic acids is 1. The fourth-order valence-corrected chi connectivity index (χ4v) is 4.09. The number of ketones is 1. The minimum Gasteiger partial charge on any atom is -0.300 e. The van der Waals surface area contributed by atoms with Crippen LogP contribution in [0.5, 0.6) is 0 Å². The molecule has 0 unspecified atom stereocenters. The van der Waals surface area contributed by atoms with Crippen LogP contribution in [0.1, 0.15) is 38.5 Å². The zero-order valence-corrected chi connectivity index (χ0v) is 10.9. The molecule has 6 heteroatoms. The summed E-state index contributed by atoms with van der Waals surface area (Å²) in [5.74, 6) is 0.173. The van der Waals surface area contributed by atoms with E-state index in [1.54, 1.807) is 4.31 Å². The number of nitrogens with zero attached hydrogens (tertiary/aromatic N) is 2. The molecule has 0 aromatic rings. The van der Waals surface area contributed by atoms with Crippen molar-refractivity contribution in [1.82, 2.24) is 8.61 Å². The number of hydrogen-bond acceptors (Lipinski definition) is 3. The third kappa shape index (κ3) is 3.05. The fourth-order valence-electron chi connectivity index (χ4n) is 2.40. The zero-order valence-electron chi connectivity index (χ0n) is 10.1. The Hall–Kier alpha value is -0.460. The van der Waals surface area contributed by atoms with Gasteiger partial charge in [-0.25, -0.2) is 0 Å². The molecule has 0 spiro atoms. The van der Waals surface area contributed by atoms with E-state index < -0.39 is 10.2 Å². The Morgan fingerprint density at radius 1 is 0.765 bits per heavy atom. The molecule has 0 aliphatic carbocycles. The smallest absolute Gasteiger partial charge is 0.281 e. The second-order valence-electron chi connectivity index (χ2n) is 4.76. The Kier molecular flexibility index (Phi) is 4.17. The van der Waals surface area contributed by atoms with Crippen molar-refractivity contribution >= 4 is 16.0 Å². The first-order valence-corrected chi connectivity index (χ1v) is 7.77. The van der Waals surface area contributed by atoms with Gasteiger partial charge in [-0.1, -0.05) is 12.8 Å². The molecule has 0 aromatic heterocycles. The third-order valence-electron chi connectivity index (χ3n) is 3.50. The molecule has 2 aliphatic heterocycles. The molecule has 0 aromatic carbocycles. The molecule has 2 heterocycles. The fraction of sp³-hybridized carbons (Fsp3) is 0.909. The van der Waals surface area contributed by atoms with E-state index in [9.17, 15) is 13.2 Å². The van der Waals surface area contributed by atoms with Gasteiger partial charge >= 0.3 is 0 Å². The number of carbonyl (C=O) groups is 1. The maximum atomic E-state index is 12.3. The van der Waals surface area contributed by atoms with Gasteiger partial charge in [-0.3, -0.25) is 4.79 Å². The highest BCUT2D eigenvalue weighted by Gasteiger charge is 2.32. The number of hydrogen-bond donors (Lipinski definition) is 0. The quantitative estimate of drug-likeness (QED) is 0.737. The van der Waals surface area contributed by atoms with Crippen molar-refractivity contribution in [2.45, 2.75) is 38.5 Å². The molecule has 0 radical (unpaired) electrons. The zero-order chi connectivity index (χ0) is 12.3. The van der Waals surface area contributed by atoms with Gasteiger partial charge in [-0.2, -0.15) is 17.0 Å². The van der Waals surface area contributed by atoms with Crippen molar-refractivity contribution in [2.24, 2.45) is 0 Å². The molecule has 0 amide bonds. The lowest BCUT2D eigenvalue weighted by molar-refractivity contribution is -0.120. The predicted molar refractivity (Wildman–Crippen MR) is 64.8 cm³/mol. The van der Waals surface area contributed by atoms with Crippen LogP contribution in [-0.4, -0.2) is 49.0 Å². The van der Waals surface area contributed by atoms with E-state index in [-0.39, 0.29) is 5.78 Å². The van der Waals surface area contributed by atoms with Crippen molar-refractivity contribution in [3.8, 4) is 0 Å². The van der Waals surface area contributed by atoms with Crippen LogP contribution in [0, 0.1) is 0 Å². The van der Waals surface area contributed by atoms with Crippen LogP contribution in [0.4, 0.5) is 0 Å². The maximum Gasteiger partial charge on any atom is 0.281 e. The summed E-state index contributed by atoms with van der Waals surface area (Å²) in [7, 11) is -3.32. The average Bonchev–Trinajstić information content (AvgIpc) is 2.58. The Morgan fingerprint density at radius 3 is 1.76 bits per heavy atom. The molecule has 0 saturated carbocycles. The van der Waals surface area contributed by atoms with Gasteiger partial charge in [0.25, 0.3) is 10.2 Å². The lowest BCUT2D eigenvalue weighted by Crippen LogP contribution is -2.47. The highest BCUT2D eigenvalue weighted by Crippen LogP contribution is 2.19. The molecule has 5 nitrogen and oxygen atoms in total. The Morgan fingerprint density at radius 2 is 1.24 bits per heavy atom. The normalized spacial score (nSPS) is 25.8. The Bertz CT molecular complexity index is 362. The Labute approximate surface area is 103 Å². The maximum absolute atomic E-state index is 12.3. The molecule has 98 valence electrons. The standard InChI is InChI=1S/C11H20N2O3S/c14-11-5-9-13(10-6-11)17(15,16)12-7-3-1-2-4-8-12/h1-10H2. The summed E-state index contributed by atoms with van der Waals surface area (Å²) in [6.07, 6.45) is 4.87. The molecule has 0 N–H and O–H groups in total. The summed E-state index contributed by atoms with van der Waals surface area (Å²) in [5.41, 5.74) is 0. The molecule has 0 atom stereocenters. The highest BCUT2D eigenvalue weighted by atomic mass is 32.2. The van der Waals surface area contributed by atoms with E-state index in [0.717, 1.165) is 25.7 Å². The van der Waals surface area contributed by atoms with Crippen LogP contribution in [0.2, 0.25) is 0 Å². The van der Waals surface area contributed by atoms with Crippen LogP contribution in [-0.2, 0) is 15.0 Å². The minimum atomic E-state index is -3.32. The van der Waals surface area contributed by atoms with Crippen molar-refractivity contribution in [3.05, 3.63) is 0 Å². The summed E-state index contributed by atoms with van der Waals surface area (Å²) >= 11 is 0. The highest BCUT2D eigenvalue weighted by molar-refractivity contribution is 7.86.